The molecule has 0 aliphatic rings. The number of amides is 1. The van der Waals surface area contributed by atoms with Gasteiger partial charge in [-0.05, 0) is 43.9 Å². The smallest absolute Gasteiger partial charge is 0.255 e. The van der Waals surface area contributed by atoms with Gasteiger partial charge in [0.15, 0.2) is 0 Å². The van der Waals surface area contributed by atoms with Crippen LogP contribution in [-0.2, 0) is 0 Å². The number of ether oxygens (including phenoxy) is 1. The molecule has 1 atom stereocenters. The van der Waals surface area contributed by atoms with Crippen molar-refractivity contribution >= 4 is 5.91 Å². The number of carbonyl (C=O) groups is 1. The van der Waals surface area contributed by atoms with Gasteiger partial charge in [-0.15, -0.1) is 0 Å². The van der Waals surface area contributed by atoms with E-state index in [2.05, 4.69) is 31.3 Å². The van der Waals surface area contributed by atoms with Crippen LogP contribution in [0.15, 0.2) is 54.6 Å². The normalized spacial score (nSPS) is 12.2. The van der Waals surface area contributed by atoms with Gasteiger partial charge in [0.1, 0.15) is 5.75 Å². The minimum atomic E-state index is -0.0965. The van der Waals surface area contributed by atoms with Crippen molar-refractivity contribution in [3.63, 3.8) is 0 Å². The first-order valence-electron chi connectivity index (χ1n) is 8.59. The molecule has 3 nitrogen and oxygen atoms in total. The fourth-order valence-corrected chi connectivity index (χ4v) is 2.68. The number of para-hydroxylation sites is 1. The minimum absolute atomic E-state index is 0.00851. The summed E-state index contributed by atoms with van der Waals surface area (Å²) in [6, 6.07) is 17.5. The molecule has 2 rings (SSSR count). The summed E-state index contributed by atoms with van der Waals surface area (Å²) in [4.78, 5) is 12.8. The Hall–Kier alpha value is -2.29. The summed E-state index contributed by atoms with van der Waals surface area (Å²) in [6.07, 6.45) is 0.919. The Kier molecular flexibility index (Phi) is 6.42. The van der Waals surface area contributed by atoms with Crippen molar-refractivity contribution in [2.45, 2.75) is 46.3 Å². The predicted octanol–water partition coefficient (Wildman–Crippen LogP) is 4.99. The van der Waals surface area contributed by atoms with Crippen molar-refractivity contribution in [2.24, 2.45) is 5.92 Å². The van der Waals surface area contributed by atoms with E-state index in [1.165, 1.54) is 0 Å². The first kappa shape index (κ1) is 18.1. The van der Waals surface area contributed by atoms with Gasteiger partial charge in [0.25, 0.3) is 5.91 Å². The number of nitrogens with one attached hydrogen (secondary N) is 1. The van der Waals surface area contributed by atoms with Crippen LogP contribution in [0.25, 0.3) is 0 Å². The molecule has 0 aliphatic heterocycles. The van der Waals surface area contributed by atoms with Crippen LogP contribution >= 0.6 is 0 Å². The van der Waals surface area contributed by atoms with Gasteiger partial charge in [-0.3, -0.25) is 4.79 Å². The highest BCUT2D eigenvalue weighted by atomic mass is 16.5. The predicted molar refractivity (Wildman–Crippen MR) is 98.3 cm³/mol. The van der Waals surface area contributed by atoms with Crippen molar-refractivity contribution in [3.05, 3.63) is 65.7 Å². The van der Waals surface area contributed by atoms with E-state index in [0.29, 0.717) is 17.2 Å². The van der Waals surface area contributed by atoms with Crippen molar-refractivity contribution in [1.29, 1.82) is 0 Å². The molecule has 1 N–H and O–H groups in total. The van der Waals surface area contributed by atoms with Crippen LogP contribution in [-0.4, -0.2) is 12.0 Å². The average molecular weight is 325 g/mol. The molecular formula is C21H27NO2. The van der Waals surface area contributed by atoms with Crippen molar-refractivity contribution < 1.29 is 9.53 Å². The Morgan fingerprint density at radius 3 is 2.21 bits per heavy atom. The molecule has 0 saturated carbocycles. The lowest BCUT2D eigenvalue weighted by Crippen LogP contribution is -2.30. The Morgan fingerprint density at radius 2 is 1.58 bits per heavy atom. The first-order chi connectivity index (χ1) is 11.5. The Morgan fingerprint density at radius 1 is 0.958 bits per heavy atom. The number of hydrogen-bond donors (Lipinski definition) is 1. The van der Waals surface area contributed by atoms with Gasteiger partial charge >= 0.3 is 0 Å². The molecule has 0 radical (unpaired) electrons. The maximum absolute atomic E-state index is 12.8. The molecule has 1 amide bonds. The molecule has 128 valence electrons. The molecule has 0 fully saturated rings. The molecule has 0 aromatic heterocycles. The van der Waals surface area contributed by atoms with Gasteiger partial charge in [0.05, 0.1) is 17.7 Å². The lowest BCUT2D eigenvalue weighted by Gasteiger charge is -2.22. The van der Waals surface area contributed by atoms with Crippen LogP contribution in [0.3, 0.4) is 0 Å². The summed E-state index contributed by atoms with van der Waals surface area (Å²) in [6.45, 7) is 8.25. The lowest BCUT2D eigenvalue weighted by atomic mass is 9.96. The summed E-state index contributed by atoms with van der Waals surface area (Å²) >= 11 is 0. The van der Waals surface area contributed by atoms with E-state index in [1.807, 2.05) is 56.3 Å². The first-order valence-corrected chi connectivity index (χ1v) is 8.59. The summed E-state index contributed by atoms with van der Waals surface area (Å²) in [7, 11) is 0. The van der Waals surface area contributed by atoms with Crippen LogP contribution < -0.4 is 10.1 Å². The molecule has 0 spiro atoms. The maximum atomic E-state index is 12.8. The monoisotopic (exact) mass is 325 g/mol. The van der Waals surface area contributed by atoms with E-state index in [1.54, 1.807) is 0 Å². The van der Waals surface area contributed by atoms with E-state index in [-0.39, 0.29) is 18.1 Å². The maximum Gasteiger partial charge on any atom is 0.255 e. The topological polar surface area (TPSA) is 38.3 Å². The van der Waals surface area contributed by atoms with Gasteiger partial charge in [0, 0.05) is 0 Å². The zero-order valence-corrected chi connectivity index (χ0v) is 15.0. The van der Waals surface area contributed by atoms with Crippen LogP contribution in [0.1, 0.15) is 56.1 Å². The highest BCUT2D eigenvalue weighted by Crippen LogP contribution is 2.24. The van der Waals surface area contributed by atoms with E-state index >= 15 is 0 Å². The quantitative estimate of drug-likeness (QED) is 0.778. The van der Waals surface area contributed by atoms with Gasteiger partial charge < -0.3 is 10.1 Å². The molecule has 0 saturated heterocycles. The summed E-state index contributed by atoms with van der Waals surface area (Å²) < 4.78 is 5.77. The lowest BCUT2D eigenvalue weighted by molar-refractivity contribution is 0.0926. The standard InChI is InChI=1S/C21H27NO2/c1-15(2)14-19(17-10-6-5-7-11-17)22-21(23)18-12-8-9-13-20(18)24-16(3)4/h5-13,15-16,19H,14H2,1-4H3,(H,22,23). The largest absolute Gasteiger partial charge is 0.490 e. The molecule has 0 aliphatic carbocycles. The SMILES string of the molecule is CC(C)CC(NC(=O)c1ccccc1OC(C)C)c1ccccc1. The Labute approximate surface area is 145 Å². The van der Waals surface area contributed by atoms with Crippen molar-refractivity contribution in [2.75, 3.05) is 0 Å². The molecule has 0 heterocycles. The van der Waals surface area contributed by atoms with Crippen LogP contribution in [0.4, 0.5) is 0 Å². The van der Waals surface area contributed by atoms with Gasteiger partial charge in [0.2, 0.25) is 0 Å². The highest BCUT2D eigenvalue weighted by Gasteiger charge is 2.19. The molecule has 1 unspecified atom stereocenters. The Balaban J connectivity index is 2.22. The third kappa shape index (κ3) is 5.12. The molecule has 2 aromatic rings. The number of carbonyl (C=O) groups excluding carboxylic acids is 1. The van der Waals surface area contributed by atoms with Crippen LogP contribution in [0, 0.1) is 5.92 Å². The average Bonchev–Trinajstić information content (AvgIpc) is 2.54. The summed E-state index contributed by atoms with van der Waals surface area (Å²) in [5.74, 6) is 1.01. The highest BCUT2D eigenvalue weighted by molar-refractivity contribution is 5.97. The second-order valence-corrected chi connectivity index (χ2v) is 6.73. The summed E-state index contributed by atoms with van der Waals surface area (Å²) in [5, 5.41) is 3.18. The third-order valence-electron chi connectivity index (χ3n) is 3.71. The number of benzene rings is 2. The van der Waals surface area contributed by atoms with Gasteiger partial charge in [-0.1, -0.05) is 56.3 Å². The van der Waals surface area contributed by atoms with Gasteiger partial charge in [-0.2, -0.15) is 0 Å². The zero-order valence-electron chi connectivity index (χ0n) is 15.0. The number of hydrogen-bond acceptors (Lipinski definition) is 2. The summed E-state index contributed by atoms with van der Waals surface area (Å²) in [5.41, 5.74) is 1.71. The van der Waals surface area contributed by atoms with Crippen molar-refractivity contribution in [1.82, 2.24) is 5.32 Å². The second kappa shape index (κ2) is 8.53. The van der Waals surface area contributed by atoms with E-state index in [0.717, 1.165) is 12.0 Å². The third-order valence-corrected chi connectivity index (χ3v) is 3.71. The number of rotatable bonds is 7. The molecule has 2 aromatic carbocycles. The van der Waals surface area contributed by atoms with Crippen molar-refractivity contribution in [3.8, 4) is 5.75 Å². The molecule has 0 bridgehead atoms. The van der Waals surface area contributed by atoms with Crippen LogP contribution in [0.2, 0.25) is 0 Å². The van der Waals surface area contributed by atoms with E-state index in [9.17, 15) is 4.79 Å². The Bertz CT molecular complexity index is 650. The zero-order chi connectivity index (χ0) is 17.5. The molecule has 3 heteroatoms. The fourth-order valence-electron chi connectivity index (χ4n) is 2.68. The molecule has 24 heavy (non-hydrogen) atoms. The second-order valence-electron chi connectivity index (χ2n) is 6.73. The minimum Gasteiger partial charge on any atom is -0.490 e. The van der Waals surface area contributed by atoms with E-state index < -0.39 is 0 Å². The fraction of sp³-hybridized carbons (Fsp3) is 0.381. The molecular weight excluding hydrogens is 298 g/mol. The van der Waals surface area contributed by atoms with Gasteiger partial charge in [-0.25, -0.2) is 0 Å². The van der Waals surface area contributed by atoms with Crippen LogP contribution in [0.5, 0.6) is 5.75 Å². The van der Waals surface area contributed by atoms with E-state index in [4.69, 9.17) is 4.74 Å².